The number of aliphatic hydroxyl groups excluding tert-OH is 2. The first-order chi connectivity index (χ1) is 21.2. The Kier molecular flexibility index (Phi) is 34.0. The SMILES string of the molecule is CC/C=C\C/C=C\C/C=C\CCCCCCCCCC(=O)NC(CO)C(O)CCCCCCCCCCCCCCCC. The maximum absolute atomic E-state index is 12.3. The van der Waals surface area contributed by atoms with E-state index in [4.69, 9.17) is 0 Å². The van der Waals surface area contributed by atoms with E-state index in [0.717, 1.165) is 44.9 Å². The molecule has 0 aliphatic rings. The highest BCUT2D eigenvalue weighted by Gasteiger charge is 2.19. The molecule has 0 bridgehead atoms. The van der Waals surface area contributed by atoms with Gasteiger partial charge in [-0.05, 0) is 44.9 Å². The van der Waals surface area contributed by atoms with Crippen molar-refractivity contribution >= 4 is 5.91 Å². The number of carbonyl (C=O) groups is 1. The van der Waals surface area contributed by atoms with Gasteiger partial charge in [-0.2, -0.15) is 0 Å². The number of amides is 1. The molecule has 2 atom stereocenters. The second kappa shape index (κ2) is 35.1. The zero-order valence-corrected chi connectivity index (χ0v) is 28.7. The first-order valence-electron chi connectivity index (χ1n) is 18.7. The van der Waals surface area contributed by atoms with E-state index in [1.165, 1.54) is 116 Å². The molecular weight excluding hydrogens is 530 g/mol. The highest BCUT2D eigenvalue weighted by Crippen LogP contribution is 2.15. The van der Waals surface area contributed by atoms with E-state index >= 15 is 0 Å². The molecule has 0 saturated heterocycles. The number of unbranched alkanes of at least 4 members (excludes halogenated alkanes) is 20. The number of hydrogen-bond acceptors (Lipinski definition) is 3. The first kappa shape index (κ1) is 41.6. The fourth-order valence-corrected chi connectivity index (χ4v) is 5.55. The number of carbonyl (C=O) groups excluding carboxylic acids is 1. The van der Waals surface area contributed by atoms with E-state index in [-0.39, 0.29) is 12.5 Å². The van der Waals surface area contributed by atoms with Gasteiger partial charge in [0.05, 0.1) is 18.8 Å². The summed E-state index contributed by atoms with van der Waals surface area (Å²) in [5.74, 6) is -0.0434. The first-order valence-corrected chi connectivity index (χ1v) is 18.7. The second-order valence-electron chi connectivity index (χ2n) is 12.6. The van der Waals surface area contributed by atoms with Crippen molar-refractivity contribution < 1.29 is 15.0 Å². The topological polar surface area (TPSA) is 69.6 Å². The zero-order valence-electron chi connectivity index (χ0n) is 28.7. The van der Waals surface area contributed by atoms with Gasteiger partial charge < -0.3 is 15.5 Å². The van der Waals surface area contributed by atoms with Crippen LogP contribution in [0.3, 0.4) is 0 Å². The molecule has 0 radical (unpaired) electrons. The molecule has 0 heterocycles. The predicted molar refractivity (Wildman–Crippen MR) is 188 cm³/mol. The average molecular weight is 604 g/mol. The molecule has 43 heavy (non-hydrogen) atoms. The van der Waals surface area contributed by atoms with Crippen molar-refractivity contribution in [2.45, 2.75) is 199 Å². The third kappa shape index (κ3) is 31.8. The van der Waals surface area contributed by atoms with Crippen molar-refractivity contribution in [1.82, 2.24) is 5.32 Å². The fraction of sp³-hybridized carbons (Fsp3) is 0.821. The van der Waals surface area contributed by atoms with Crippen molar-refractivity contribution in [2.75, 3.05) is 6.61 Å². The lowest BCUT2D eigenvalue weighted by molar-refractivity contribution is -0.123. The monoisotopic (exact) mass is 604 g/mol. The van der Waals surface area contributed by atoms with Crippen LogP contribution in [0.5, 0.6) is 0 Å². The quantitative estimate of drug-likeness (QED) is 0.0516. The van der Waals surface area contributed by atoms with Crippen LogP contribution < -0.4 is 5.32 Å². The number of hydrogen-bond donors (Lipinski definition) is 3. The maximum atomic E-state index is 12.3. The van der Waals surface area contributed by atoms with Gasteiger partial charge in [0.1, 0.15) is 0 Å². The Morgan fingerprint density at radius 2 is 1.02 bits per heavy atom. The van der Waals surface area contributed by atoms with Gasteiger partial charge >= 0.3 is 0 Å². The largest absolute Gasteiger partial charge is 0.394 e. The minimum Gasteiger partial charge on any atom is -0.394 e. The molecule has 3 N–H and O–H groups in total. The van der Waals surface area contributed by atoms with Crippen LogP contribution in [-0.2, 0) is 4.79 Å². The van der Waals surface area contributed by atoms with Crippen molar-refractivity contribution in [2.24, 2.45) is 0 Å². The normalized spacial score (nSPS) is 13.5. The van der Waals surface area contributed by atoms with Crippen LogP contribution in [0.4, 0.5) is 0 Å². The van der Waals surface area contributed by atoms with Crippen LogP contribution in [-0.4, -0.2) is 34.9 Å². The van der Waals surface area contributed by atoms with Gasteiger partial charge in [-0.1, -0.05) is 172 Å². The third-order valence-electron chi connectivity index (χ3n) is 8.42. The van der Waals surface area contributed by atoms with Gasteiger partial charge in [0.2, 0.25) is 5.91 Å². The smallest absolute Gasteiger partial charge is 0.220 e. The van der Waals surface area contributed by atoms with E-state index in [0.29, 0.717) is 12.8 Å². The Morgan fingerprint density at radius 1 is 0.581 bits per heavy atom. The standard InChI is InChI=1S/C39H73NO3/c1-3-5-7-9-11-13-15-17-19-20-21-23-25-27-29-31-33-35-39(43)40-37(36-41)38(42)34-32-30-28-26-24-22-18-16-14-12-10-8-6-4-2/h5,7,11,13,17,19,37-38,41-42H,3-4,6,8-10,12,14-16,18,20-36H2,1-2H3,(H,40,43)/b7-5-,13-11-,19-17-. The van der Waals surface area contributed by atoms with Gasteiger partial charge in [0.15, 0.2) is 0 Å². The number of rotatable bonds is 33. The van der Waals surface area contributed by atoms with E-state index < -0.39 is 12.1 Å². The Labute approximate surface area is 268 Å². The minimum atomic E-state index is -0.662. The minimum absolute atomic E-state index is 0.0434. The Morgan fingerprint density at radius 3 is 1.53 bits per heavy atom. The van der Waals surface area contributed by atoms with E-state index in [9.17, 15) is 15.0 Å². The van der Waals surface area contributed by atoms with Crippen LogP contribution in [0, 0.1) is 0 Å². The molecule has 0 saturated carbocycles. The summed E-state index contributed by atoms with van der Waals surface area (Å²) in [6.45, 7) is 4.23. The lowest BCUT2D eigenvalue weighted by Crippen LogP contribution is -2.45. The molecule has 0 fully saturated rings. The summed E-state index contributed by atoms with van der Waals surface area (Å²) in [6, 6.07) is -0.539. The van der Waals surface area contributed by atoms with Crippen LogP contribution >= 0.6 is 0 Å². The van der Waals surface area contributed by atoms with Crippen LogP contribution in [0.2, 0.25) is 0 Å². The molecule has 4 nitrogen and oxygen atoms in total. The number of nitrogens with one attached hydrogen (secondary N) is 1. The molecule has 252 valence electrons. The fourth-order valence-electron chi connectivity index (χ4n) is 5.55. The summed E-state index contributed by atoms with van der Waals surface area (Å²) in [6.07, 6.45) is 44.8. The van der Waals surface area contributed by atoms with Gasteiger partial charge in [-0.3, -0.25) is 4.79 Å². The highest BCUT2D eigenvalue weighted by molar-refractivity contribution is 5.76. The van der Waals surface area contributed by atoms with Gasteiger partial charge in [-0.15, -0.1) is 0 Å². The molecule has 1 amide bonds. The molecule has 0 aromatic heterocycles. The Balaban J connectivity index is 3.58. The maximum Gasteiger partial charge on any atom is 0.220 e. The number of aliphatic hydroxyl groups is 2. The Hall–Kier alpha value is -1.39. The average Bonchev–Trinajstić information content (AvgIpc) is 3.01. The summed E-state index contributed by atoms with van der Waals surface area (Å²) in [5, 5.41) is 23.1. The molecule has 0 spiro atoms. The molecule has 2 unspecified atom stereocenters. The molecular formula is C39H73NO3. The molecule has 0 rings (SSSR count). The molecule has 0 aromatic carbocycles. The van der Waals surface area contributed by atoms with Crippen molar-refractivity contribution in [1.29, 1.82) is 0 Å². The Bertz CT molecular complexity index is 657. The summed E-state index contributed by atoms with van der Waals surface area (Å²) in [4.78, 5) is 12.3. The summed E-state index contributed by atoms with van der Waals surface area (Å²) >= 11 is 0. The zero-order chi connectivity index (χ0) is 31.5. The van der Waals surface area contributed by atoms with E-state index in [1.807, 2.05) is 0 Å². The third-order valence-corrected chi connectivity index (χ3v) is 8.42. The molecule has 0 aliphatic carbocycles. The predicted octanol–water partition coefficient (Wildman–Crippen LogP) is 11.1. The van der Waals surface area contributed by atoms with Gasteiger partial charge in [0.25, 0.3) is 0 Å². The summed E-state index contributed by atoms with van der Waals surface area (Å²) < 4.78 is 0. The molecule has 4 heteroatoms. The van der Waals surface area contributed by atoms with Gasteiger partial charge in [0, 0.05) is 6.42 Å². The highest BCUT2D eigenvalue weighted by atomic mass is 16.3. The van der Waals surface area contributed by atoms with Gasteiger partial charge in [-0.25, -0.2) is 0 Å². The van der Waals surface area contributed by atoms with Crippen molar-refractivity contribution in [3.05, 3.63) is 36.5 Å². The lowest BCUT2D eigenvalue weighted by atomic mass is 10.0. The van der Waals surface area contributed by atoms with Crippen LogP contribution in [0.15, 0.2) is 36.5 Å². The summed E-state index contributed by atoms with van der Waals surface area (Å²) in [7, 11) is 0. The van der Waals surface area contributed by atoms with Crippen molar-refractivity contribution in [3.8, 4) is 0 Å². The summed E-state index contributed by atoms with van der Waals surface area (Å²) in [5.41, 5.74) is 0. The molecule has 0 aliphatic heterocycles. The number of allylic oxidation sites excluding steroid dienone is 6. The van der Waals surface area contributed by atoms with E-state index in [1.54, 1.807) is 0 Å². The molecule has 0 aromatic rings. The van der Waals surface area contributed by atoms with Crippen LogP contribution in [0.25, 0.3) is 0 Å². The van der Waals surface area contributed by atoms with E-state index in [2.05, 4.69) is 55.6 Å². The second-order valence-corrected chi connectivity index (χ2v) is 12.6. The van der Waals surface area contributed by atoms with Crippen LogP contribution in [0.1, 0.15) is 187 Å². The van der Waals surface area contributed by atoms with Crippen molar-refractivity contribution in [3.63, 3.8) is 0 Å². The lowest BCUT2D eigenvalue weighted by Gasteiger charge is -2.22.